The van der Waals surface area contributed by atoms with E-state index in [1.807, 2.05) is 84.9 Å². The van der Waals surface area contributed by atoms with Crippen LogP contribution in [-0.2, 0) is 45.4 Å². The molecule has 1 unspecified atom stereocenters. The molecule has 0 bridgehead atoms. The molecule has 0 saturated heterocycles. The molecule has 1 aliphatic rings. The second-order valence-electron chi connectivity index (χ2n) is 8.06. The van der Waals surface area contributed by atoms with Crippen LogP contribution >= 0.6 is 0 Å². The van der Waals surface area contributed by atoms with Gasteiger partial charge in [0.15, 0.2) is 11.5 Å². The molecule has 0 radical (unpaired) electrons. The van der Waals surface area contributed by atoms with Crippen molar-refractivity contribution >= 4 is 0 Å². The zero-order chi connectivity index (χ0) is 23.6. The van der Waals surface area contributed by atoms with Crippen molar-refractivity contribution < 1.29 is 24.1 Å². The van der Waals surface area contributed by atoms with Crippen LogP contribution in [0.3, 0.4) is 0 Å². The van der Waals surface area contributed by atoms with E-state index in [2.05, 4.69) is 6.58 Å². The topological polar surface area (TPSA) is 57.2 Å². The number of aliphatic hydroxyl groups excluding tert-OH is 1. The largest absolute Gasteiger partial charge is 0.486 e. The van der Waals surface area contributed by atoms with E-state index in [4.69, 9.17) is 18.9 Å². The molecular formula is C29H30O5. The second-order valence-corrected chi connectivity index (χ2v) is 8.06. The van der Waals surface area contributed by atoms with E-state index in [1.165, 1.54) is 0 Å². The first-order valence-corrected chi connectivity index (χ1v) is 11.4. The van der Waals surface area contributed by atoms with Crippen molar-refractivity contribution in [1.29, 1.82) is 0 Å². The average molecular weight is 459 g/mol. The minimum absolute atomic E-state index is 0.0871. The zero-order valence-electron chi connectivity index (χ0n) is 19.1. The molecule has 4 rings (SSSR count). The van der Waals surface area contributed by atoms with Crippen molar-refractivity contribution in [2.75, 3.05) is 6.61 Å². The molecule has 5 nitrogen and oxygen atoms in total. The Bertz CT molecular complexity index is 1080. The Hall–Kier alpha value is -3.38. The van der Waals surface area contributed by atoms with E-state index in [0.29, 0.717) is 37.9 Å². The molecule has 0 fully saturated rings. The van der Waals surface area contributed by atoms with Crippen LogP contribution in [0.5, 0.6) is 0 Å². The van der Waals surface area contributed by atoms with Gasteiger partial charge < -0.3 is 24.1 Å². The molecule has 1 N–H and O–H groups in total. The van der Waals surface area contributed by atoms with Crippen molar-refractivity contribution in [3.05, 3.63) is 131 Å². The molecule has 34 heavy (non-hydrogen) atoms. The number of hydrogen-bond donors (Lipinski definition) is 1. The maximum absolute atomic E-state index is 11.1. The first-order valence-electron chi connectivity index (χ1n) is 11.4. The van der Waals surface area contributed by atoms with Crippen molar-refractivity contribution in [3.63, 3.8) is 0 Å². The molecule has 0 amide bonds. The summed E-state index contributed by atoms with van der Waals surface area (Å²) in [6.45, 7) is 5.34. The molecule has 5 heteroatoms. The molecule has 3 aromatic carbocycles. The lowest BCUT2D eigenvalue weighted by atomic mass is 10.1. The number of rotatable bonds is 7. The van der Waals surface area contributed by atoms with Gasteiger partial charge in [0.1, 0.15) is 25.4 Å². The normalized spacial score (nSPS) is 19.9. The van der Waals surface area contributed by atoms with Gasteiger partial charge in [-0.25, -0.2) is 0 Å². The predicted octanol–water partition coefficient (Wildman–Crippen LogP) is 5.29. The standard InChI is InChI=1S/C29H30O5/c1-2-27(32-17-22-11-5-3-6-12-22)29-28(33-18-23-13-7-4-8-14-23)26(30)21-31-19-24-15-9-10-16-25(24)20-34-29/h2-16,26,28,30H,1,17-21H2/b29-27+/t26?,28-/m1/s1. The molecule has 2 atom stereocenters. The fourth-order valence-corrected chi connectivity index (χ4v) is 3.75. The number of benzene rings is 3. The van der Waals surface area contributed by atoms with Gasteiger partial charge in [-0.2, -0.15) is 0 Å². The number of hydrogen-bond acceptors (Lipinski definition) is 5. The fourth-order valence-electron chi connectivity index (χ4n) is 3.75. The second kappa shape index (κ2) is 12.2. The van der Waals surface area contributed by atoms with Gasteiger partial charge in [-0.05, 0) is 28.3 Å². The van der Waals surface area contributed by atoms with E-state index in [-0.39, 0.29) is 6.61 Å². The highest BCUT2D eigenvalue weighted by molar-refractivity contribution is 5.27. The van der Waals surface area contributed by atoms with Gasteiger partial charge in [-0.3, -0.25) is 0 Å². The third-order valence-corrected chi connectivity index (χ3v) is 5.59. The van der Waals surface area contributed by atoms with Crippen molar-refractivity contribution in [2.45, 2.75) is 38.6 Å². The minimum Gasteiger partial charge on any atom is -0.486 e. The van der Waals surface area contributed by atoms with Crippen LogP contribution in [0, 0.1) is 0 Å². The van der Waals surface area contributed by atoms with Crippen LogP contribution < -0.4 is 0 Å². The van der Waals surface area contributed by atoms with Gasteiger partial charge >= 0.3 is 0 Å². The number of ether oxygens (including phenoxy) is 4. The van der Waals surface area contributed by atoms with Crippen LogP contribution in [0.2, 0.25) is 0 Å². The summed E-state index contributed by atoms with van der Waals surface area (Å²) in [5.74, 6) is 0.827. The summed E-state index contributed by atoms with van der Waals surface area (Å²) in [7, 11) is 0. The van der Waals surface area contributed by atoms with Crippen LogP contribution in [0.4, 0.5) is 0 Å². The van der Waals surface area contributed by atoms with Crippen molar-refractivity contribution in [2.24, 2.45) is 0 Å². The van der Waals surface area contributed by atoms with Gasteiger partial charge in [0.05, 0.1) is 19.8 Å². The summed E-state index contributed by atoms with van der Waals surface area (Å²) < 4.78 is 24.5. The van der Waals surface area contributed by atoms with Gasteiger partial charge in [-0.1, -0.05) is 91.5 Å². The maximum atomic E-state index is 11.1. The quantitative estimate of drug-likeness (QED) is 0.487. The zero-order valence-corrected chi connectivity index (χ0v) is 19.1. The van der Waals surface area contributed by atoms with E-state index in [0.717, 1.165) is 22.3 Å². The minimum atomic E-state index is -0.959. The third-order valence-electron chi connectivity index (χ3n) is 5.59. The van der Waals surface area contributed by atoms with E-state index >= 15 is 0 Å². The highest BCUT2D eigenvalue weighted by atomic mass is 16.6. The van der Waals surface area contributed by atoms with Gasteiger partial charge in [0, 0.05) is 0 Å². The molecule has 0 aromatic heterocycles. The summed E-state index contributed by atoms with van der Waals surface area (Å²) in [5.41, 5.74) is 4.02. The number of fused-ring (bicyclic) bond motifs is 1. The fraction of sp³-hybridized carbons (Fsp3) is 0.241. The molecule has 3 aromatic rings. The van der Waals surface area contributed by atoms with Gasteiger partial charge in [-0.15, -0.1) is 0 Å². The van der Waals surface area contributed by atoms with Crippen LogP contribution in [0.25, 0.3) is 0 Å². The first-order chi connectivity index (χ1) is 16.7. The molecule has 1 aliphatic heterocycles. The molecular weight excluding hydrogens is 428 g/mol. The lowest BCUT2D eigenvalue weighted by Crippen LogP contribution is -2.37. The first kappa shape index (κ1) is 23.8. The smallest absolute Gasteiger partial charge is 0.170 e. The monoisotopic (exact) mass is 458 g/mol. The lowest BCUT2D eigenvalue weighted by Gasteiger charge is -2.29. The molecule has 0 spiro atoms. The number of aliphatic hydroxyl groups is 1. The Balaban J connectivity index is 1.64. The van der Waals surface area contributed by atoms with Gasteiger partial charge in [0.2, 0.25) is 0 Å². The lowest BCUT2D eigenvalue weighted by molar-refractivity contribution is -0.0914. The Kier molecular flexibility index (Phi) is 8.52. The third kappa shape index (κ3) is 6.35. The predicted molar refractivity (Wildman–Crippen MR) is 130 cm³/mol. The van der Waals surface area contributed by atoms with Crippen LogP contribution in [0.15, 0.2) is 109 Å². The summed E-state index contributed by atoms with van der Waals surface area (Å²) in [6.07, 6.45) is -0.156. The Morgan fingerprint density at radius 3 is 2.09 bits per heavy atom. The van der Waals surface area contributed by atoms with Crippen molar-refractivity contribution in [3.8, 4) is 0 Å². The molecule has 0 saturated carbocycles. The number of allylic oxidation sites excluding steroid dienone is 1. The summed E-state index contributed by atoms with van der Waals surface area (Å²) in [4.78, 5) is 0. The van der Waals surface area contributed by atoms with E-state index in [1.54, 1.807) is 6.08 Å². The van der Waals surface area contributed by atoms with Gasteiger partial charge in [0.25, 0.3) is 0 Å². The van der Waals surface area contributed by atoms with E-state index in [9.17, 15) is 5.11 Å². The maximum Gasteiger partial charge on any atom is 0.170 e. The Morgan fingerprint density at radius 1 is 0.853 bits per heavy atom. The SMILES string of the molecule is C=C/C(OCc1ccccc1)=C1\OCc2ccccc2COCC(O)[C@H]1OCc1ccccc1. The van der Waals surface area contributed by atoms with Crippen LogP contribution in [0.1, 0.15) is 22.3 Å². The molecule has 176 valence electrons. The Morgan fingerprint density at radius 2 is 1.44 bits per heavy atom. The summed E-state index contributed by atoms with van der Waals surface area (Å²) in [5, 5.41) is 11.1. The summed E-state index contributed by atoms with van der Waals surface area (Å²) >= 11 is 0. The highest BCUT2D eigenvalue weighted by Crippen LogP contribution is 2.26. The molecule has 0 aliphatic carbocycles. The molecule has 1 heterocycles. The summed E-state index contributed by atoms with van der Waals surface area (Å²) in [6, 6.07) is 27.6. The Labute approximate surface area is 200 Å². The highest BCUT2D eigenvalue weighted by Gasteiger charge is 2.30. The average Bonchev–Trinajstić information content (AvgIpc) is 2.88. The van der Waals surface area contributed by atoms with Crippen LogP contribution in [-0.4, -0.2) is 23.9 Å². The van der Waals surface area contributed by atoms with E-state index < -0.39 is 12.2 Å². The van der Waals surface area contributed by atoms with Crippen molar-refractivity contribution in [1.82, 2.24) is 0 Å².